The fourth-order valence-corrected chi connectivity index (χ4v) is 3.98. The van der Waals surface area contributed by atoms with E-state index in [2.05, 4.69) is 20.5 Å². The van der Waals surface area contributed by atoms with Crippen LogP contribution in [-0.4, -0.2) is 41.5 Å². The van der Waals surface area contributed by atoms with Gasteiger partial charge in [-0.1, -0.05) is 6.07 Å². The van der Waals surface area contributed by atoms with Gasteiger partial charge < -0.3 is 20.5 Å². The number of nitrogens with one attached hydrogen (secondary N) is 2. The van der Waals surface area contributed by atoms with Crippen molar-refractivity contribution in [2.24, 2.45) is 5.73 Å². The molecule has 0 aliphatic carbocycles. The summed E-state index contributed by atoms with van der Waals surface area (Å²) in [6.07, 6.45) is 3.29. The minimum atomic E-state index is -0.357. The van der Waals surface area contributed by atoms with Crippen LogP contribution < -0.4 is 15.8 Å². The van der Waals surface area contributed by atoms with E-state index in [1.54, 1.807) is 25.6 Å². The van der Waals surface area contributed by atoms with E-state index < -0.39 is 0 Å². The maximum Gasteiger partial charge on any atom is 0.148 e. The molecule has 2 aromatic carbocycles. The van der Waals surface area contributed by atoms with E-state index in [1.807, 2.05) is 25.1 Å². The SMILES string of the molecule is CO[C@@H](C)COc1cc2c(c3cccnc13)NCC(N)=C2c1ccc(F)c2[nH]ncc12. The zero-order valence-corrected chi connectivity index (χ0v) is 17.2. The lowest BCUT2D eigenvalue weighted by molar-refractivity contribution is 0.0721. The van der Waals surface area contributed by atoms with Gasteiger partial charge >= 0.3 is 0 Å². The molecule has 0 bridgehead atoms. The van der Waals surface area contributed by atoms with Crippen LogP contribution in [-0.2, 0) is 4.74 Å². The highest BCUT2D eigenvalue weighted by Gasteiger charge is 2.25. The summed E-state index contributed by atoms with van der Waals surface area (Å²) in [7, 11) is 1.65. The summed E-state index contributed by atoms with van der Waals surface area (Å²) in [5.41, 5.74) is 11.7. The maximum atomic E-state index is 14.3. The fraction of sp³-hybridized carbons (Fsp3) is 0.217. The Bertz CT molecular complexity index is 1330. The van der Waals surface area contributed by atoms with E-state index in [0.717, 1.165) is 33.3 Å². The lowest BCUT2D eigenvalue weighted by Gasteiger charge is -2.26. The minimum Gasteiger partial charge on any atom is -0.489 e. The van der Waals surface area contributed by atoms with Crippen LogP contribution in [0.3, 0.4) is 0 Å². The van der Waals surface area contributed by atoms with Crippen LogP contribution in [0.25, 0.3) is 27.4 Å². The molecule has 8 heteroatoms. The number of ether oxygens (including phenoxy) is 2. The summed E-state index contributed by atoms with van der Waals surface area (Å²) in [5.74, 6) is 0.280. The third-order valence-electron chi connectivity index (χ3n) is 5.61. The van der Waals surface area contributed by atoms with Crippen molar-refractivity contribution in [3.63, 3.8) is 0 Å². The van der Waals surface area contributed by atoms with Crippen LogP contribution in [0.2, 0.25) is 0 Å². The Labute approximate surface area is 178 Å². The van der Waals surface area contributed by atoms with Crippen molar-refractivity contribution in [1.29, 1.82) is 0 Å². The van der Waals surface area contributed by atoms with E-state index in [9.17, 15) is 4.39 Å². The Morgan fingerprint density at radius 2 is 2.10 bits per heavy atom. The summed E-state index contributed by atoms with van der Waals surface area (Å²) >= 11 is 0. The number of fused-ring (bicyclic) bond motifs is 4. The highest BCUT2D eigenvalue weighted by atomic mass is 19.1. The number of benzene rings is 2. The normalized spacial score (nSPS) is 14.5. The smallest absolute Gasteiger partial charge is 0.148 e. The molecule has 0 amide bonds. The number of methoxy groups -OCH3 is 1. The van der Waals surface area contributed by atoms with Crippen LogP contribution in [0, 0.1) is 5.82 Å². The number of hydrogen-bond donors (Lipinski definition) is 3. The molecule has 158 valence electrons. The van der Waals surface area contributed by atoms with Crippen molar-refractivity contribution < 1.29 is 13.9 Å². The molecule has 4 N–H and O–H groups in total. The summed E-state index contributed by atoms with van der Waals surface area (Å²) in [4.78, 5) is 4.55. The van der Waals surface area contributed by atoms with Gasteiger partial charge in [-0.05, 0) is 36.8 Å². The molecule has 1 atom stereocenters. The second kappa shape index (κ2) is 7.55. The van der Waals surface area contributed by atoms with Gasteiger partial charge in [0.25, 0.3) is 0 Å². The molecule has 2 aromatic heterocycles. The summed E-state index contributed by atoms with van der Waals surface area (Å²) in [6, 6.07) is 9.00. The number of nitrogens with two attached hydrogens (primary N) is 1. The quantitative estimate of drug-likeness (QED) is 0.455. The molecule has 1 aliphatic rings. The number of rotatable bonds is 5. The highest BCUT2D eigenvalue weighted by molar-refractivity contribution is 6.07. The summed E-state index contributed by atoms with van der Waals surface area (Å²) < 4.78 is 25.7. The zero-order valence-electron chi connectivity index (χ0n) is 17.2. The van der Waals surface area contributed by atoms with Gasteiger partial charge in [0.2, 0.25) is 0 Å². The average Bonchev–Trinajstić information content (AvgIpc) is 3.29. The maximum absolute atomic E-state index is 14.3. The first-order chi connectivity index (χ1) is 15.1. The largest absolute Gasteiger partial charge is 0.489 e. The molecule has 31 heavy (non-hydrogen) atoms. The molecular formula is C23H22FN5O2. The van der Waals surface area contributed by atoms with E-state index in [1.165, 1.54) is 6.07 Å². The zero-order chi connectivity index (χ0) is 21.5. The summed E-state index contributed by atoms with van der Waals surface area (Å²) in [6.45, 7) is 2.78. The van der Waals surface area contributed by atoms with Crippen molar-refractivity contribution >= 4 is 33.1 Å². The first-order valence-electron chi connectivity index (χ1n) is 10.0. The Kier molecular flexibility index (Phi) is 4.71. The van der Waals surface area contributed by atoms with Crippen LogP contribution in [0.1, 0.15) is 18.1 Å². The molecule has 0 saturated carbocycles. The molecule has 0 fully saturated rings. The Balaban J connectivity index is 1.74. The van der Waals surface area contributed by atoms with Gasteiger partial charge in [0, 0.05) is 40.9 Å². The minimum absolute atomic E-state index is 0.0735. The van der Waals surface area contributed by atoms with Crippen LogP contribution in [0.15, 0.2) is 48.4 Å². The highest BCUT2D eigenvalue weighted by Crippen LogP contribution is 2.43. The Morgan fingerprint density at radius 1 is 1.23 bits per heavy atom. The molecule has 5 rings (SSSR count). The second-order valence-electron chi connectivity index (χ2n) is 7.56. The number of H-pyrrole nitrogens is 1. The predicted molar refractivity (Wildman–Crippen MR) is 118 cm³/mol. The Hall–Kier alpha value is -3.65. The number of anilines is 1. The molecular weight excluding hydrogens is 397 g/mol. The predicted octanol–water partition coefficient (Wildman–Crippen LogP) is 3.81. The summed E-state index contributed by atoms with van der Waals surface area (Å²) in [5, 5.41) is 11.8. The number of halogens is 1. The van der Waals surface area contributed by atoms with Gasteiger partial charge in [-0.25, -0.2) is 4.39 Å². The third kappa shape index (κ3) is 3.16. The third-order valence-corrected chi connectivity index (χ3v) is 5.61. The molecule has 7 nitrogen and oxygen atoms in total. The van der Waals surface area contributed by atoms with Crippen molar-refractivity contribution in [1.82, 2.24) is 15.2 Å². The van der Waals surface area contributed by atoms with Gasteiger partial charge in [-0.15, -0.1) is 0 Å². The number of nitrogens with zero attached hydrogens (tertiary/aromatic N) is 2. The van der Waals surface area contributed by atoms with Crippen molar-refractivity contribution in [2.45, 2.75) is 13.0 Å². The Morgan fingerprint density at radius 3 is 2.94 bits per heavy atom. The van der Waals surface area contributed by atoms with Gasteiger partial charge in [-0.2, -0.15) is 5.10 Å². The van der Waals surface area contributed by atoms with Gasteiger partial charge in [0.05, 0.1) is 24.5 Å². The van der Waals surface area contributed by atoms with Crippen LogP contribution >= 0.6 is 0 Å². The van der Waals surface area contributed by atoms with Gasteiger partial charge in [0.15, 0.2) is 0 Å². The second-order valence-corrected chi connectivity index (χ2v) is 7.56. The van der Waals surface area contributed by atoms with Gasteiger partial charge in [-0.3, -0.25) is 10.1 Å². The number of aromatic amines is 1. The first kappa shape index (κ1) is 19.3. The van der Waals surface area contributed by atoms with Crippen molar-refractivity contribution in [3.8, 4) is 5.75 Å². The van der Waals surface area contributed by atoms with E-state index in [-0.39, 0.29) is 11.9 Å². The van der Waals surface area contributed by atoms with Gasteiger partial charge in [0.1, 0.15) is 29.2 Å². The molecule has 3 heterocycles. The van der Waals surface area contributed by atoms with Crippen molar-refractivity contribution in [3.05, 3.63) is 65.4 Å². The average molecular weight is 419 g/mol. The lowest BCUT2D eigenvalue weighted by atomic mass is 9.88. The molecule has 0 unspecified atom stereocenters. The first-order valence-corrected chi connectivity index (χ1v) is 10.0. The molecule has 0 spiro atoms. The number of hydrogen-bond acceptors (Lipinski definition) is 6. The topological polar surface area (TPSA) is 98.1 Å². The van der Waals surface area contributed by atoms with Crippen LogP contribution in [0.4, 0.5) is 10.1 Å². The van der Waals surface area contributed by atoms with Crippen LogP contribution in [0.5, 0.6) is 5.75 Å². The molecule has 0 radical (unpaired) electrons. The molecule has 4 aromatic rings. The monoisotopic (exact) mass is 419 g/mol. The van der Waals surface area contributed by atoms with E-state index in [4.69, 9.17) is 15.2 Å². The fourth-order valence-electron chi connectivity index (χ4n) is 3.98. The number of pyridine rings is 1. The van der Waals surface area contributed by atoms with Crippen molar-refractivity contribution in [2.75, 3.05) is 25.6 Å². The molecule has 1 aliphatic heterocycles. The standard InChI is InChI=1S/C23H22FN5O2/c1-12(30-2)11-31-19-8-15-20(13-5-6-17(24)22-16(13)9-28-29-22)18(25)10-27-21(15)14-4-3-7-26-23(14)19/h3-9,12,27H,10-11,25H2,1-2H3,(H,28,29)/t12-/m0/s1. The van der Waals surface area contributed by atoms with E-state index in [0.29, 0.717) is 35.5 Å². The number of aromatic nitrogens is 3. The lowest BCUT2D eigenvalue weighted by Crippen LogP contribution is -2.21. The molecule has 0 saturated heterocycles. The van der Waals surface area contributed by atoms with E-state index >= 15 is 0 Å².